The van der Waals surface area contributed by atoms with Crippen molar-refractivity contribution in [2.24, 2.45) is 0 Å². The lowest BCUT2D eigenvalue weighted by atomic mass is 10.2. The Bertz CT molecular complexity index is 1040. The predicted octanol–water partition coefficient (Wildman–Crippen LogP) is 4.93. The first kappa shape index (κ1) is 16.9. The molecule has 4 rings (SSSR count). The van der Waals surface area contributed by atoms with Crippen LogP contribution in [0.1, 0.15) is 16.4 Å². The van der Waals surface area contributed by atoms with Crippen LogP contribution in [-0.2, 0) is 11.3 Å². The third-order valence-electron chi connectivity index (χ3n) is 3.36. The van der Waals surface area contributed by atoms with Crippen LogP contribution in [0.15, 0.2) is 51.0 Å². The minimum Gasteiger partial charge on any atom is -0.451 e. The van der Waals surface area contributed by atoms with E-state index in [-0.39, 0.29) is 18.2 Å². The van der Waals surface area contributed by atoms with Gasteiger partial charge in [-0.1, -0.05) is 28.9 Å². The highest BCUT2D eigenvalue weighted by Crippen LogP contribution is 2.26. The van der Waals surface area contributed by atoms with Crippen molar-refractivity contribution in [2.45, 2.75) is 6.61 Å². The molecule has 0 aliphatic rings. The molecule has 1 aromatic carbocycles. The molecule has 0 amide bonds. The maximum Gasteiger partial charge on any atom is 0.358 e. The summed E-state index contributed by atoms with van der Waals surface area (Å²) in [6.07, 6.45) is 0. The Morgan fingerprint density at radius 3 is 2.92 bits per heavy atom. The zero-order valence-electron chi connectivity index (χ0n) is 13.1. The van der Waals surface area contributed by atoms with Gasteiger partial charge in [-0.05, 0) is 23.6 Å². The second kappa shape index (κ2) is 7.36. The fourth-order valence-electron chi connectivity index (χ4n) is 2.15. The summed E-state index contributed by atoms with van der Waals surface area (Å²) in [5.74, 6) is 0.0406. The van der Waals surface area contributed by atoms with Crippen LogP contribution in [-0.4, -0.2) is 21.1 Å². The van der Waals surface area contributed by atoms with Crippen LogP contribution in [0.2, 0.25) is 5.02 Å². The van der Waals surface area contributed by atoms with Crippen LogP contribution >= 0.6 is 34.3 Å². The Labute approximate surface area is 161 Å². The fraction of sp³-hybridized carbons (Fsp3) is 0.0588. The van der Waals surface area contributed by atoms with E-state index in [1.807, 2.05) is 22.9 Å². The molecule has 9 heteroatoms. The first-order valence-electron chi connectivity index (χ1n) is 7.43. The molecule has 0 fully saturated rings. The monoisotopic (exact) mass is 403 g/mol. The molecule has 3 heterocycles. The number of thiazole rings is 1. The summed E-state index contributed by atoms with van der Waals surface area (Å²) in [5.41, 5.74) is 1.96. The fourth-order valence-corrected chi connectivity index (χ4v) is 3.84. The largest absolute Gasteiger partial charge is 0.451 e. The van der Waals surface area contributed by atoms with Gasteiger partial charge in [-0.25, -0.2) is 9.78 Å². The molecular weight excluding hydrogens is 394 g/mol. The number of nitrogens with zero attached hydrogens (tertiary/aromatic N) is 3. The van der Waals surface area contributed by atoms with E-state index in [9.17, 15) is 4.79 Å². The molecule has 0 radical (unpaired) electrons. The molecule has 0 saturated heterocycles. The molecular formula is C17H10ClN3O3S2. The van der Waals surface area contributed by atoms with E-state index in [0.29, 0.717) is 10.8 Å². The van der Waals surface area contributed by atoms with E-state index in [4.69, 9.17) is 20.9 Å². The first-order chi connectivity index (χ1) is 12.7. The Kier molecular flexibility index (Phi) is 4.79. The van der Waals surface area contributed by atoms with Gasteiger partial charge < -0.3 is 9.26 Å². The van der Waals surface area contributed by atoms with Gasteiger partial charge in [0.25, 0.3) is 5.89 Å². The van der Waals surface area contributed by atoms with E-state index < -0.39 is 5.97 Å². The van der Waals surface area contributed by atoms with Crippen LogP contribution in [0.25, 0.3) is 22.0 Å². The number of thiophene rings is 1. The van der Waals surface area contributed by atoms with Gasteiger partial charge in [-0.15, -0.1) is 11.3 Å². The quantitative estimate of drug-likeness (QED) is 0.439. The van der Waals surface area contributed by atoms with Crippen LogP contribution < -0.4 is 0 Å². The number of carbonyl (C=O) groups is 1. The smallest absolute Gasteiger partial charge is 0.358 e. The number of ether oxygens (including phenoxy) is 1. The predicted molar refractivity (Wildman–Crippen MR) is 99.3 cm³/mol. The zero-order chi connectivity index (χ0) is 17.9. The average molecular weight is 404 g/mol. The van der Waals surface area contributed by atoms with Gasteiger partial charge in [0.15, 0.2) is 12.3 Å². The van der Waals surface area contributed by atoms with Crippen LogP contribution in [0.5, 0.6) is 0 Å². The Balaban J connectivity index is 1.41. The van der Waals surface area contributed by atoms with E-state index >= 15 is 0 Å². The van der Waals surface area contributed by atoms with Gasteiger partial charge in [0.2, 0.25) is 5.82 Å². The van der Waals surface area contributed by atoms with Gasteiger partial charge in [0.05, 0.1) is 0 Å². The van der Waals surface area contributed by atoms with Crippen molar-refractivity contribution >= 4 is 40.2 Å². The van der Waals surface area contributed by atoms with Crippen molar-refractivity contribution in [1.29, 1.82) is 0 Å². The lowest BCUT2D eigenvalue weighted by Crippen LogP contribution is -2.05. The molecule has 6 nitrogen and oxygen atoms in total. The molecule has 0 N–H and O–H groups in total. The molecule has 0 saturated carbocycles. The van der Waals surface area contributed by atoms with E-state index in [1.54, 1.807) is 34.9 Å². The molecule has 0 aliphatic heterocycles. The summed E-state index contributed by atoms with van der Waals surface area (Å²) < 4.78 is 10.3. The van der Waals surface area contributed by atoms with Gasteiger partial charge in [-0.2, -0.15) is 16.3 Å². The standard InChI is InChI=1S/C17H10ClN3O3S2/c18-12-3-1-2-10(6-12)15-20-14(24-21-15)7-23-17(22)13-9-26-16(19-13)11-4-5-25-8-11/h1-6,8-9H,7H2. The maximum absolute atomic E-state index is 12.1. The van der Waals surface area contributed by atoms with Crippen molar-refractivity contribution in [2.75, 3.05) is 0 Å². The van der Waals surface area contributed by atoms with Gasteiger partial charge >= 0.3 is 5.97 Å². The summed E-state index contributed by atoms with van der Waals surface area (Å²) in [5, 5.41) is 10.8. The molecule has 0 bridgehead atoms. The van der Waals surface area contributed by atoms with Gasteiger partial charge in [-0.3, -0.25) is 0 Å². The topological polar surface area (TPSA) is 78.1 Å². The highest BCUT2D eigenvalue weighted by Gasteiger charge is 2.16. The zero-order valence-corrected chi connectivity index (χ0v) is 15.5. The summed E-state index contributed by atoms with van der Waals surface area (Å²) >= 11 is 8.92. The molecule has 0 unspecified atom stereocenters. The summed E-state index contributed by atoms with van der Waals surface area (Å²) in [6.45, 7) is -0.127. The number of esters is 1. The number of rotatable bonds is 5. The van der Waals surface area contributed by atoms with E-state index in [0.717, 1.165) is 16.1 Å². The number of aromatic nitrogens is 3. The number of halogens is 1. The van der Waals surface area contributed by atoms with Crippen molar-refractivity contribution in [3.63, 3.8) is 0 Å². The minimum absolute atomic E-state index is 0.127. The first-order valence-corrected chi connectivity index (χ1v) is 9.63. The number of benzene rings is 1. The highest BCUT2D eigenvalue weighted by molar-refractivity contribution is 7.14. The Morgan fingerprint density at radius 1 is 1.19 bits per heavy atom. The summed E-state index contributed by atoms with van der Waals surface area (Å²) in [6, 6.07) is 9.04. The van der Waals surface area contributed by atoms with Crippen molar-refractivity contribution < 1.29 is 14.1 Å². The van der Waals surface area contributed by atoms with Crippen molar-refractivity contribution in [1.82, 2.24) is 15.1 Å². The molecule has 130 valence electrons. The lowest BCUT2D eigenvalue weighted by Gasteiger charge is -1.98. The number of carbonyl (C=O) groups excluding carboxylic acids is 1. The lowest BCUT2D eigenvalue weighted by molar-refractivity contribution is 0.0424. The normalized spacial score (nSPS) is 10.8. The second-order valence-corrected chi connectivity index (χ2v) is 7.22. The Morgan fingerprint density at radius 2 is 2.12 bits per heavy atom. The van der Waals surface area contributed by atoms with Crippen LogP contribution in [0, 0.1) is 0 Å². The molecule has 26 heavy (non-hydrogen) atoms. The van der Waals surface area contributed by atoms with Crippen LogP contribution in [0.3, 0.4) is 0 Å². The van der Waals surface area contributed by atoms with Crippen molar-refractivity contribution in [3.8, 4) is 22.0 Å². The summed E-state index contributed by atoms with van der Waals surface area (Å²) in [7, 11) is 0. The molecule has 3 aromatic heterocycles. The minimum atomic E-state index is -0.537. The number of hydrogen-bond acceptors (Lipinski definition) is 8. The average Bonchev–Trinajstić information content (AvgIpc) is 3.40. The Hall–Kier alpha value is -2.55. The summed E-state index contributed by atoms with van der Waals surface area (Å²) in [4.78, 5) is 20.6. The SMILES string of the molecule is O=C(OCc1nc(-c2cccc(Cl)c2)no1)c1csc(-c2ccsc2)n1. The molecule has 4 aromatic rings. The highest BCUT2D eigenvalue weighted by atomic mass is 35.5. The van der Waals surface area contributed by atoms with Gasteiger partial charge in [0.1, 0.15) is 5.01 Å². The number of hydrogen-bond donors (Lipinski definition) is 0. The van der Waals surface area contributed by atoms with Gasteiger partial charge in [0, 0.05) is 26.9 Å². The molecule has 0 aliphatic carbocycles. The molecule has 0 atom stereocenters. The van der Waals surface area contributed by atoms with E-state index in [2.05, 4.69) is 15.1 Å². The third-order valence-corrected chi connectivity index (χ3v) is 5.17. The second-order valence-electron chi connectivity index (χ2n) is 5.15. The van der Waals surface area contributed by atoms with Crippen molar-refractivity contribution in [3.05, 3.63) is 63.1 Å². The maximum atomic E-state index is 12.1. The molecule has 0 spiro atoms. The van der Waals surface area contributed by atoms with Crippen LogP contribution in [0.4, 0.5) is 0 Å². The van der Waals surface area contributed by atoms with E-state index in [1.165, 1.54) is 11.3 Å². The third kappa shape index (κ3) is 3.67.